The van der Waals surface area contributed by atoms with Crippen LogP contribution in [0.15, 0.2) is 69.7 Å². The summed E-state index contributed by atoms with van der Waals surface area (Å²) in [6.07, 6.45) is 0.0922. The number of benzene rings is 3. The summed E-state index contributed by atoms with van der Waals surface area (Å²) in [5.74, 6) is -1.77. The molecule has 0 saturated carbocycles. The molecule has 0 atom stereocenters. The zero-order valence-corrected chi connectivity index (χ0v) is 40.9. The van der Waals surface area contributed by atoms with Crippen molar-refractivity contribution in [2.75, 3.05) is 34.4 Å². The third kappa shape index (κ3) is 13.5. The quantitative estimate of drug-likeness (QED) is 0.107. The van der Waals surface area contributed by atoms with Crippen molar-refractivity contribution in [3.8, 4) is 11.8 Å². The van der Waals surface area contributed by atoms with Gasteiger partial charge in [-0.25, -0.2) is 21.5 Å². The zero-order valence-electron chi connectivity index (χ0n) is 31.5. The number of hydrogen-bond donors (Lipinski definition) is 2. The Labute approximate surface area is 420 Å². The van der Waals surface area contributed by atoms with E-state index in [1.807, 2.05) is 32.6 Å². The van der Waals surface area contributed by atoms with E-state index in [9.17, 15) is 40.8 Å². The number of hydrogen-bond acceptors (Lipinski definition) is 13. The van der Waals surface area contributed by atoms with Crippen LogP contribution in [0.5, 0.6) is 0 Å². The van der Waals surface area contributed by atoms with Crippen LogP contribution in [0.2, 0.25) is 10.0 Å². The molecule has 0 fully saturated rings. The fourth-order valence-electron chi connectivity index (χ4n) is 5.22. The first-order valence-corrected chi connectivity index (χ1v) is 19.8. The van der Waals surface area contributed by atoms with Gasteiger partial charge < -0.3 is 24.6 Å². The fourth-order valence-corrected chi connectivity index (χ4v) is 6.87. The molecule has 2 N–H and O–H groups in total. The van der Waals surface area contributed by atoms with Crippen LogP contribution in [0, 0.1) is 11.3 Å². The monoisotopic (exact) mass is 894 g/mol. The first-order chi connectivity index (χ1) is 25.1. The number of amides is 2. The molecule has 0 bridgehead atoms. The van der Waals surface area contributed by atoms with Crippen LogP contribution in [0.3, 0.4) is 0 Å². The molecule has 16 nitrogen and oxygen atoms in total. The summed E-state index contributed by atoms with van der Waals surface area (Å²) in [4.78, 5) is 26.4. The van der Waals surface area contributed by atoms with Crippen molar-refractivity contribution < 1.29 is 138 Å². The molecular formula is C34H34Cl2K2N8O8S2. The summed E-state index contributed by atoms with van der Waals surface area (Å²) < 4.78 is 68.9. The van der Waals surface area contributed by atoms with Gasteiger partial charge in [-0.2, -0.15) is 10.4 Å². The number of nitriles is 1. The summed E-state index contributed by atoms with van der Waals surface area (Å²) in [5.41, 5.74) is 0.798. The summed E-state index contributed by atoms with van der Waals surface area (Å²) in [6.45, 7) is 9.34. The van der Waals surface area contributed by atoms with Crippen molar-refractivity contribution in [3.63, 3.8) is 0 Å². The molecule has 0 saturated heterocycles. The number of rotatable bonds is 13. The van der Waals surface area contributed by atoms with E-state index in [1.165, 1.54) is 35.9 Å². The first-order valence-electron chi connectivity index (χ1n) is 16.0. The Morgan fingerprint density at radius 3 is 2.16 bits per heavy atom. The molecule has 0 aliphatic rings. The summed E-state index contributed by atoms with van der Waals surface area (Å²) in [6, 6.07) is 14.2. The summed E-state index contributed by atoms with van der Waals surface area (Å²) >= 11 is 13.4. The Morgan fingerprint density at radius 2 is 1.62 bits per heavy atom. The van der Waals surface area contributed by atoms with E-state index in [1.54, 1.807) is 18.2 Å². The van der Waals surface area contributed by atoms with Crippen LogP contribution in [0.1, 0.15) is 62.7 Å². The van der Waals surface area contributed by atoms with Crippen LogP contribution in [-0.4, -0.2) is 66.4 Å². The van der Waals surface area contributed by atoms with Gasteiger partial charge in [0.1, 0.15) is 33.1 Å². The van der Waals surface area contributed by atoms with Crippen molar-refractivity contribution >= 4 is 83.8 Å². The van der Waals surface area contributed by atoms with Gasteiger partial charge in [-0.3, -0.25) is 9.59 Å². The van der Waals surface area contributed by atoms with Gasteiger partial charge in [0.05, 0.1) is 36.4 Å². The molecule has 56 heavy (non-hydrogen) atoms. The molecule has 0 aliphatic heterocycles. The molecule has 0 unspecified atom stereocenters. The topological polar surface area (TPSA) is 242 Å². The normalized spacial score (nSPS) is 11.6. The average Bonchev–Trinajstić information content (AvgIpc) is 3.43. The molecule has 4 aromatic rings. The van der Waals surface area contributed by atoms with Crippen molar-refractivity contribution in [1.29, 1.82) is 5.26 Å². The number of aromatic nitrogens is 2. The van der Waals surface area contributed by atoms with E-state index < -0.39 is 48.1 Å². The Bertz CT molecular complexity index is 2390. The minimum Gasteiger partial charge on any atom is -0.748 e. The maximum Gasteiger partial charge on any atom is 1.00 e. The molecule has 1 heterocycles. The molecule has 0 spiro atoms. The number of halogens is 2. The van der Waals surface area contributed by atoms with Gasteiger partial charge in [-0.1, -0.05) is 50.0 Å². The zero-order chi connectivity index (χ0) is 40.2. The number of carbonyl (C=O) groups is 2. The maximum absolute atomic E-state index is 13.0. The molecule has 0 radical (unpaired) electrons. The Morgan fingerprint density at radius 1 is 0.982 bits per heavy atom. The molecular weight excluding hydrogens is 862 g/mol. The fraction of sp³-hybridized carbons (Fsp3) is 0.294. The molecule has 2 amide bonds. The number of azo groups is 1. The van der Waals surface area contributed by atoms with Gasteiger partial charge in [-0.05, 0) is 61.9 Å². The standard InChI is InChI=1S/C34H36Cl2N8O8S2.2K/c1-6-43(13-8-14-53(47,48)49)23-11-12-28(29(18-23)38-20(2)45)40-41-32-25(19-37)31(34(3,4)5)42-44(32)30-26(35)16-22(17-27(30)36)39-33(46)21-9-7-10-24(15-21)54(50,51)52;;/h7,9-12,15-18H,6,8,13-14H2,1-5H3,(H,38,45)(H,39,46)(H,47,48,49)(H,50,51,52);;/q;2*+1/p-2. The van der Waals surface area contributed by atoms with E-state index in [0.29, 0.717) is 17.9 Å². The van der Waals surface area contributed by atoms with E-state index in [2.05, 4.69) is 32.0 Å². The Hall–Kier alpha value is -1.63. The van der Waals surface area contributed by atoms with Crippen LogP contribution >= 0.6 is 23.2 Å². The van der Waals surface area contributed by atoms with E-state index >= 15 is 0 Å². The summed E-state index contributed by atoms with van der Waals surface area (Å²) in [5, 5.41) is 28.9. The van der Waals surface area contributed by atoms with Crippen molar-refractivity contribution in [2.45, 2.75) is 51.3 Å². The second-order valence-corrected chi connectivity index (χ2v) is 16.5. The first kappa shape index (κ1) is 50.5. The Kier molecular flexibility index (Phi) is 19.0. The van der Waals surface area contributed by atoms with Gasteiger partial charge in [0.25, 0.3) is 5.91 Å². The number of nitrogens with one attached hydrogen (secondary N) is 2. The molecule has 1 aromatic heterocycles. The SMILES string of the molecule is CCN(CCCS(=O)(=O)[O-])c1ccc(N=Nc2c(C#N)c(C(C)(C)C)nn2-c2c(Cl)cc(NC(=O)c3cccc(S(=O)(=O)[O-])c3)cc2Cl)c(NC(C)=O)c1.[K+].[K+]. The Balaban J connectivity index is 0.00000541. The van der Waals surface area contributed by atoms with Gasteiger partial charge in [-0.15, -0.1) is 10.2 Å². The number of anilines is 3. The molecule has 286 valence electrons. The van der Waals surface area contributed by atoms with E-state index in [4.69, 9.17) is 23.2 Å². The van der Waals surface area contributed by atoms with Crippen LogP contribution in [-0.2, 0) is 30.4 Å². The predicted molar refractivity (Wildman–Crippen MR) is 201 cm³/mol. The predicted octanol–water partition coefficient (Wildman–Crippen LogP) is 0.648. The number of carbonyl (C=O) groups excluding carboxylic acids is 2. The second kappa shape index (κ2) is 21.1. The van der Waals surface area contributed by atoms with E-state index in [0.717, 1.165) is 12.1 Å². The van der Waals surface area contributed by atoms with Crippen LogP contribution in [0.4, 0.5) is 28.6 Å². The van der Waals surface area contributed by atoms with Crippen LogP contribution < -0.4 is 118 Å². The van der Waals surface area contributed by atoms with Crippen LogP contribution in [0.25, 0.3) is 5.69 Å². The molecule has 22 heteroatoms. The number of nitrogens with zero attached hydrogens (tertiary/aromatic N) is 6. The van der Waals surface area contributed by atoms with Gasteiger partial charge in [0.2, 0.25) is 5.91 Å². The molecule has 0 aliphatic carbocycles. The molecule has 3 aromatic carbocycles. The minimum atomic E-state index is -4.81. The smallest absolute Gasteiger partial charge is 0.748 e. The summed E-state index contributed by atoms with van der Waals surface area (Å²) in [7, 11) is -9.20. The van der Waals surface area contributed by atoms with Gasteiger partial charge >= 0.3 is 103 Å². The third-order valence-corrected chi connectivity index (χ3v) is 9.86. The molecule has 4 rings (SSSR count). The third-order valence-electron chi connectivity index (χ3n) is 7.67. The second-order valence-electron chi connectivity index (χ2n) is 12.8. The minimum absolute atomic E-state index is 0. The largest absolute Gasteiger partial charge is 1.00 e. The van der Waals surface area contributed by atoms with Crippen molar-refractivity contribution in [3.05, 3.63) is 81.5 Å². The van der Waals surface area contributed by atoms with Crippen molar-refractivity contribution in [1.82, 2.24) is 9.78 Å². The average molecular weight is 896 g/mol. The maximum atomic E-state index is 13.0. The van der Waals surface area contributed by atoms with Gasteiger partial charge in [0.15, 0.2) is 5.82 Å². The van der Waals surface area contributed by atoms with E-state index in [-0.39, 0.29) is 165 Å². The van der Waals surface area contributed by atoms with Crippen molar-refractivity contribution in [2.24, 2.45) is 10.2 Å². The van der Waals surface area contributed by atoms with Gasteiger partial charge in [0, 0.05) is 48.1 Å².